The summed E-state index contributed by atoms with van der Waals surface area (Å²) < 4.78 is 5.22. The summed E-state index contributed by atoms with van der Waals surface area (Å²) in [4.78, 5) is 31.4. The maximum absolute atomic E-state index is 12.3. The Morgan fingerprint density at radius 1 is 1.35 bits per heavy atom. The van der Waals surface area contributed by atoms with Gasteiger partial charge in [0.2, 0.25) is 0 Å². The number of hydrogen-bond donors (Lipinski definition) is 2. The third kappa shape index (κ3) is 3.97. The van der Waals surface area contributed by atoms with E-state index in [1.54, 1.807) is 40.1 Å². The van der Waals surface area contributed by atoms with E-state index in [9.17, 15) is 9.59 Å². The first-order valence-electron chi connectivity index (χ1n) is 7.47. The molecule has 2 N–H and O–H groups in total. The molecule has 2 heterocycles. The smallest absolute Gasteiger partial charge is 0.340 e. The van der Waals surface area contributed by atoms with E-state index in [1.165, 1.54) is 0 Å². The zero-order valence-electron chi connectivity index (χ0n) is 13.8. The highest BCUT2D eigenvalue weighted by molar-refractivity contribution is 6.00. The number of aryl methyl sites for hydroxylation is 1. The van der Waals surface area contributed by atoms with Gasteiger partial charge >= 0.3 is 5.97 Å². The minimum absolute atomic E-state index is 0.209. The van der Waals surface area contributed by atoms with Gasteiger partial charge in [0, 0.05) is 24.6 Å². The van der Waals surface area contributed by atoms with Gasteiger partial charge in [0.1, 0.15) is 5.69 Å². The molecule has 23 heavy (non-hydrogen) atoms. The lowest BCUT2D eigenvalue weighted by molar-refractivity contribution is 0.0376. The number of rotatable bonds is 5. The van der Waals surface area contributed by atoms with Crippen molar-refractivity contribution < 1.29 is 14.3 Å². The second-order valence-corrected chi connectivity index (χ2v) is 5.62. The van der Waals surface area contributed by atoms with Crippen molar-refractivity contribution in [2.45, 2.75) is 40.3 Å². The molecule has 0 fully saturated rings. The highest BCUT2D eigenvalue weighted by atomic mass is 16.5. The number of esters is 1. The Bertz CT molecular complexity index is 705. The Balaban J connectivity index is 2.14. The number of amides is 1. The van der Waals surface area contributed by atoms with E-state index in [2.05, 4.69) is 15.3 Å². The Morgan fingerprint density at radius 3 is 2.70 bits per heavy atom. The topological polar surface area (TPSA) is 84.1 Å². The summed E-state index contributed by atoms with van der Waals surface area (Å²) >= 11 is 0. The van der Waals surface area contributed by atoms with E-state index >= 15 is 0 Å². The standard InChI is InChI=1S/C17H21N3O3/c1-10(2)23-17(22)14-11(3)15(20-12(14)4)16(21)19-9-13-6-5-7-18-8-13/h5-8,10,20H,9H2,1-4H3,(H,19,21). The molecule has 2 aromatic heterocycles. The molecule has 0 aliphatic rings. The second kappa shape index (κ2) is 7.09. The summed E-state index contributed by atoms with van der Waals surface area (Å²) in [6.07, 6.45) is 3.16. The zero-order valence-corrected chi connectivity index (χ0v) is 13.8. The van der Waals surface area contributed by atoms with Crippen molar-refractivity contribution in [2.75, 3.05) is 0 Å². The predicted octanol–water partition coefficient (Wildman–Crippen LogP) is 2.52. The van der Waals surface area contributed by atoms with Crippen LogP contribution in [-0.4, -0.2) is 27.9 Å². The van der Waals surface area contributed by atoms with Crippen molar-refractivity contribution in [2.24, 2.45) is 0 Å². The maximum Gasteiger partial charge on any atom is 0.340 e. The van der Waals surface area contributed by atoms with Crippen LogP contribution in [0.4, 0.5) is 0 Å². The van der Waals surface area contributed by atoms with Gasteiger partial charge in [0.15, 0.2) is 0 Å². The molecule has 0 aliphatic carbocycles. The molecule has 6 nitrogen and oxygen atoms in total. The molecule has 6 heteroatoms. The number of aromatic nitrogens is 2. The Morgan fingerprint density at radius 2 is 2.09 bits per heavy atom. The van der Waals surface area contributed by atoms with Gasteiger partial charge in [-0.15, -0.1) is 0 Å². The van der Waals surface area contributed by atoms with E-state index in [4.69, 9.17) is 4.74 Å². The SMILES string of the molecule is Cc1[nH]c(C(=O)NCc2cccnc2)c(C)c1C(=O)OC(C)C. The first-order valence-corrected chi connectivity index (χ1v) is 7.47. The first-order chi connectivity index (χ1) is 10.9. The fourth-order valence-corrected chi connectivity index (χ4v) is 2.33. The predicted molar refractivity (Wildman–Crippen MR) is 86.2 cm³/mol. The van der Waals surface area contributed by atoms with E-state index in [1.807, 2.05) is 12.1 Å². The summed E-state index contributed by atoms with van der Waals surface area (Å²) in [5, 5.41) is 2.81. The van der Waals surface area contributed by atoms with Gasteiger partial charge in [-0.05, 0) is 44.9 Å². The highest BCUT2D eigenvalue weighted by Crippen LogP contribution is 2.19. The van der Waals surface area contributed by atoms with Gasteiger partial charge in [-0.3, -0.25) is 9.78 Å². The number of pyridine rings is 1. The molecule has 0 aromatic carbocycles. The fraction of sp³-hybridized carbons (Fsp3) is 0.353. The molecular formula is C17H21N3O3. The van der Waals surface area contributed by atoms with Crippen LogP contribution < -0.4 is 5.32 Å². The summed E-state index contributed by atoms with van der Waals surface area (Å²) in [6.45, 7) is 7.44. The number of carbonyl (C=O) groups is 2. The number of nitrogens with one attached hydrogen (secondary N) is 2. The van der Waals surface area contributed by atoms with E-state index in [0.29, 0.717) is 29.1 Å². The van der Waals surface area contributed by atoms with Crippen molar-refractivity contribution in [1.29, 1.82) is 0 Å². The summed E-state index contributed by atoms with van der Waals surface area (Å²) in [7, 11) is 0. The maximum atomic E-state index is 12.3. The normalized spacial score (nSPS) is 10.7. The largest absolute Gasteiger partial charge is 0.459 e. The molecule has 0 atom stereocenters. The van der Waals surface area contributed by atoms with Crippen LogP contribution in [0.3, 0.4) is 0 Å². The quantitative estimate of drug-likeness (QED) is 0.830. The van der Waals surface area contributed by atoms with Crippen LogP contribution in [0.1, 0.15) is 51.5 Å². The molecule has 2 rings (SSSR count). The van der Waals surface area contributed by atoms with Crippen LogP contribution in [0, 0.1) is 13.8 Å². The van der Waals surface area contributed by atoms with Crippen LogP contribution in [0.5, 0.6) is 0 Å². The molecule has 0 spiro atoms. The molecule has 2 aromatic rings. The highest BCUT2D eigenvalue weighted by Gasteiger charge is 2.23. The van der Waals surface area contributed by atoms with Gasteiger partial charge < -0.3 is 15.0 Å². The van der Waals surface area contributed by atoms with Crippen molar-refractivity contribution in [3.05, 3.63) is 52.6 Å². The second-order valence-electron chi connectivity index (χ2n) is 5.62. The minimum Gasteiger partial charge on any atom is -0.459 e. The number of ether oxygens (including phenoxy) is 1. The fourth-order valence-electron chi connectivity index (χ4n) is 2.33. The number of hydrogen-bond acceptors (Lipinski definition) is 4. The van der Waals surface area contributed by atoms with Crippen LogP contribution >= 0.6 is 0 Å². The summed E-state index contributed by atoms with van der Waals surface area (Å²) in [5.41, 5.74) is 2.92. The van der Waals surface area contributed by atoms with Crippen molar-refractivity contribution in [3.8, 4) is 0 Å². The van der Waals surface area contributed by atoms with Gasteiger partial charge in [-0.2, -0.15) is 0 Å². The van der Waals surface area contributed by atoms with Crippen LogP contribution in [-0.2, 0) is 11.3 Å². The van der Waals surface area contributed by atoms with E-state index < -0.39 is 5.97 Å². The van der Waals surface area contributed by atoms with Crippen molar-refractivity contribution in [3.63, 3.8) is 0 Å². The lowest BCUT2D eigenvalue weighted by Crippen LogP contribution is -2.24. The molecular weight excluding hydrogens is 294 g/mol. The number of H-pyrrole nitrogens is 1. The van der Waals surface area contributed by atoms with Crippen LogP contribution in [0.15, 0.2) is 24.5 Å². The molecule has 0 aliphatic heterocycles. The minimum atomic E-state index is -0.419. The van der Waals surface area contributed by atoms with Gasteiger partial charge in [-0.1, -0.05) is 6.07 Å². The Hall–Kier alpha value is -2.63. The lowest BCUT2D eigenvalue weighted by atomic mass is 10.1. The zero-order chi connectivity index (χ0) is 17.0. The Kier molecular flexibility index (Phi) is 5.16. The molecule has 0 saturated carbocycles. The molecule has 1 amide bonds. The van der Waals surface area contributed by atoms with E-state index in [0.717, 1.165) is 5.56 Å². The molecule has 0 bridgehead atoms. The average molecular weight is 315 g/mol. The van der Waals surface area contributed by atoms with E-state index in [-0.39, 0.29) is 12.0 Å². The lowest BCUT2D eigenvalue weighted by Gasteiger charge is -2.08. The first kappa shape index (κ1) is 16.7. The Labute approximate surface area is 135 Å². The van der Waals surface area contributed by atoms with Gasteiger partial charge in [-0.25, -0.2) is 4.79 Å². The third-order valence-corrected chi connectivity index (χ3v) is 3.39. The van der Waals surface area contributed by atoms with Crippen molar-refractivity contribution in [1.82, 2.24) is 15.3 Å². The van der Waals surface area contributed by atoms with Gasteiger partial charge in [0.25, 0.3) is 5.91 Å². The number of carbonyl (C=O) groups excluding carboxylic acids is 2. The molecule has 0 radical (unpaired) electrons. The molecule has 122 valence electrons. The number of aromatic amines is 1. The van der Waals surface area contributed by atoms with Crippen LogP contribution in [0.2, 0.25) is 0 Å². The van der Waals surface area contributed by atoms with Crippen molar-refractivity contribution >= 4 is 11.9 Å². The average Bonchev–Trinajstić information content (AvgIpc) is 2.80. The summed E-state index contributed by atoms with van der Waals surface area (Å²) in [6, 6.07) is 3.69. The summed E-state index contributed by atoms with van der Waals surface area (Å²) in [5.74, 6) is -0.685. The van der Waals surface area contributed by atoms with Gasteiger partial charge in [0.05, 0.1) is 11.7 Å². The molecule has 0 saturated heterocycles. The third-order valence-electron chi connectivity index (χ3n) is 3.39. The molecule has 0 unspecified atom stereocenters. The number of nitrogens with zero attached hydrogens (tertiary/aromatic N) is 1. The monoisotopic (exact) mass is 315 g/mol. The van der Waals surface area contributed by atoms with Crippen LogP contribution in [0.25, 0.3) is 0 Å².